The van der Waals surface area contributed by atoms with Gasteiger partial charge in [-0.05, 0) is 25.0 Å². The number of hydrogen-bond donors (Lipinski definition) is 1. The third-order valence-corrected chi connectivity index (χ3v) is 4.05. The van der Waals surface area contributed by atoms with E-state index in [1.165, 1.54) is 30.9 Å². The molecule has 0 unspecified atom stereocenters. The molecule has 0 spiro atoms. The number of hydrogen-bond acceptors (Lipinski definition) is 5. The van der Waals surface area contributed by atoms with Crippen molar-refractivity contribution in [3.8, 4) is 22.5 Å². The van der Waals surface area contributed by atoms with Crippen LogP contribution in [0, 0.1) is 16.9 Å². The lowest BCUT2D eigenvalue weighted by Crippen LogP contribution is -2.24. The fourth-order valence-electron chi connectivity index (χ4n) is 2.58. The van der Waals surface area contributed by atoms with Crippen LogP contribution in [0.15, 0.2) is 49.2 Å². The highest BCUT2D eigenvalue weighted by Gasteiger charge is 2.30. The van der Waals surface area contributed by atoms with Gasteiger partial charge in [0.05, 0.1) is 23.7 Å². The lowest BCUT2D eigenvalue weighted by molar-refractivity contribution is -0.604. The van der Waals surface area contributed by atoms with Gasteiger partial charge in [-0.2, -0.15) is 4.73 Å². The van der Waals surface area contributed by atoms with Crippen LogP contribution in [0.3, 0.4) is 0 Å². The first kappa shape index (κ1) is 16.1. The van der Waals surface area contributed by atoms with Crippen molar-refractivity contribution >= 4 is 11.7 Å². The van der Waals surface area contributed by atoms with Crippen LogP contribution < -0.4 is 10.0 Å². The molecule has 26 heavy (non-hydrogen) atoms. The molecule has 1 amide bonds. The number of halogens is 1. The molecule has 1 aliphatic rings. The maximum Gasteiger partial charge on any atom is 0.228 e. The molecular weight excluding hydrogens is 337 g/mol. The Morgan fingerprint density at radius 1 is 1.27 bits per heavy atom. The summed E-state index contributed by atoms with van der Waals surface area (Å²) in [6.45, 7) is 0. The summed E-state index contributed by atoms with van der Waals surface area (Å²) >= 11 is 0. The van der Waals surface area contributed by atoms with Crippen LogP contribution >= 0.6 is 0 Å². The molecule has 0 aromatic carbocycles. The predicted octanol–water partition coefficient (Wildman–Crippen LogP) is 2.33. The maximum atomic E-state index is 14.2. The third kappa shape index (κ3) is 3.21. The van der Waals surface area contributed by atoms with E-state index in [4.69, 9.17) is 0 Å². The number of anilines is 1. The molecular formula is C18H14FN5O2. The van der Waals surface area contributed by atoms with E-state index >= 15 is 0 Å². The Hall–Kier alpha value is -3.42. The average Bonchev–Trinajstić information content (AvgIpc) is 3.48. The second-order valence-electron chi connectivity index (χ2n) is 6.02. The minimum Gasteiger partial charge on any atom is -0.619 e. The van der Waals surface area contributed by atoms with Gasteiger partial charge in [0, 0.05) is 23.7 Å². The molecule has 1 saturated carbocycles. The summed E-state index contributed by atoms with van der Waals surface area (Å²) in [4.78, 5) is 24.4. The van der Waals surface area contributed by atoms with E-state index in [9.17, 15) is 14.4 Å². The Morgan fingerprint density at radius 2 is 2.12 bits per heavy atom. The molecule has 0 bridgehead atoms. The maximum absolute atomic E-state index is 14.2. The summed E-state index contributed by atoms with van der Waals surface area (Å²) in [5.41, 5.74) is 1.24. The predicted molar refractivity (Wildman–Crippen MR) is 91.0 cm³/mol. The van der Waals surface area contributed by atoms with E-state index in [0.717, 1.165) is 19.0 Å². The molecule has 1 fully saturated rings. The molecule has 3 heterocycles. The van der Waals surface area contributed by atoms with Gasteiger partial charge in [0.2, 0.25) is 5.91 Å². The SMILES string of the molecule is O=C(Nc1cnc(-c2ccncc2F)c(-c2ccc[n+]([O-])c2)n1)C1CC1. The van der Waals surface area contributed by atoms with Gasteiger partial charge >= 0.3 is 0 Å². The highest BCUT2D eigenvalue weighted by atomic mass is 19.1. The lowest BCUT2D eigenvalue weighted by Gasteiger charge is -2.11. The van der Waals surface area contributed by atoms with E-state index in [-0.39, 0.29) is 28.9 Å². The largest absolute Gasteiger partial charge is 0.619 e. The van der Waals surface area contributed by atoms with Crippen molar-refractivity contribution in [1.82, 2.24) is 15.0 Å². The van der Waals surface area contributed by atoms with Crippen LogP contribution in [-0.4, -0.2) is 20.9 Å². The van der Waals surface area contributed by atoms with E-state index in [1.54, 1.807) is 12.1 Å². The zero-order valence-corrected chi connectivity index (χ0v) is 13.6. The van der Waals surface area contributed by atoms with Crippen LogP contribution in [0.4, 0.5) is 10.2 Å². The molecule has 0 atom stereocenters. The first-order chi connectivity index (χ1) is 12.6. The van der Waals surface area contributed by atoms with E-state index in [0.29, 0.717) is 16.0 Å². The van der Waals surface area contributed by atoms with Gasteiger partial charge in [0.1, 0.15) is 5.69 Å². The normalized spacial score (nSPS) is 13.4. The second-order valence-corrected chi connectivity index (χ2v) is 6.02. The van der Waals surface area contributed by atoms with E-state index in [2.05, 4.69) is 20.3 Å². The van der Waals surface area contributed by atoms with Crippen LogP contribution in [-0.2, 0) is 4.79 Å². The topological polar surface area (TPSA) is 94.7 Å². The molecule has 1 aliphatic carbocycles. The van der Waals surface area contributed by atoms with Crippen molar-refractivity contribution in [3.63, 3.8) is 0 Å². The van der Waals surface area contributed by atoms with Crippen molar-refractivity contribution in [3.05, 3.63) is 60.2 Å². The summed E-state index contributed by atoms with van der Waals surface area (Å²) < 4.78 is 14.8. The highest BCUT2D eigenvalue weighted by molar-refractivity contribution is 5.93. The first-order valence-corrected chi connectivity index (χ1v) is 8.09. The van der Waals surface area contributed by atoms with Gasteiger partial charge in [-0.3, -0.25) is 9.78 Å². The number of pyridine rings is 2. The Bertz CT molecular complexity index is 991. The zero-order chi connectivity index (χ0) is 18.1. The van der Waals surface area contributed by atoms with E-state index < -0.39 is 5.82 Å². The molecule has 0 saturated heterocycles. The molecule has 130 valence electrons. The Morgan fingerprint density at radius 3 is 2.85 bits per heavy atom. The minimum absolute atomic E-state index is 0.0121. The van der Waals surface area contributed by atoms with Crippen molar-refractivity contribution < 1.29 is 13.9 Å². The van der Waals surface area contributed by atoms with Crippen molar-refractivity contribution in [1.29, 1.82) is 0 Å². The third-order valence-electron chi connectivity index (χ3n) is 4.05. The van der Waals surface area contributed by atoms with Crippen molar-refractivity contribution in [2.24, 2.45) is 5.92 Å². The standard InChI is InChI=1S/C18H14FN5O2/c19-14-8-20-6-5-13(14)17-16(12-2-1-7-24(26)10-12)22-15(9-21-17)23-18(25)11-3-4-11/h1-2,5-11H,3-4H2,(H,22,23,25). The lowest BCUT2D eigenvalue weighted by atomic mass is 10.1. The molecule has 1 N–H and O–H groups in total. The molecule has 7 nitrogen and oxygen atoms in total. The summed E-state index contributed by atoms with van der Waals surface area (Å²) in [6.07, 6.45) is 8.30. The molecule has 8 heteroatoms. The van der Waals surface area contributed by atoms with Gasteiger partial charge in [-0.15, -0.1) is 0 Å². The fraction of sp³-hybridized carbons (Fsp3) is 0.167. The number of rotatable bonds is 4. The second kappa shape index (κ2) is 6.47. The highest BCUT2D eigenvalue weighted by Crippen LogP contribution is 2.32. The number of amides is 1. The smallest absolute Gasteiger partial charge is 0.228 e. The quantitative estimate of drug-likeness (QED) is 0.575. The van der Waals surface area contributed by atoms with Crippen LogP contribution in [0.25, 0.3) is 22.5 Å². The number of nitrogens with zero attached hydrogens (tertiary/aromatic N) is 4. The van der Waals surface area contributed by atoms with E-state index in [1.807, 2.05) is 0 Å². The minimum atomic E-state index is -0.552. The zero-order valence-electron chi connectivity index (χ0n) is 13.6. The number of nitrogens with one attached hydrogen (secondary N) is 1. The van der Waals surface area contributed by atoms with Gasteiger partial charge < -0.3 is 10.5 Å². The molecule has 3 aromatic heterocycles. The van der Waals surface area contributed by atoms with Crippen LogP contribution in [0.2, 0.25) is 0 Å². The summed E-state index contributed by atoms with van der Waals surface area (Å²) in [5, 5.41) is 14.4. The average molecular weight is 351 g/mol. The molecule has 0 aliphatic heterocycles. The Labute approximate surface area is 148 Å². The molecule has 4 rings (SSSR count). The monoisotopic (exact) mass is 351 g/mol. The number of carbonyl (C=O) groups excluding carboxylic acids is 1. The van der Waals surface area contributed by atoms with Crippen LogP contribution in [0.1, 0.15) is 12.8 Å². The van der Waals surface area contributed by atoms with Gasteiger partial charge in [-0.25, -0.2) is 14.4 Å². The van der Waals surface area contributed by atoms with Crippen LogP contribution in [0.5, 0.6) is 0 Å². The summed E-state index contributed by atoms with van der Waals surface area (Å²) in [7, 11) is 0. The summed E-state index contributed by atoms with van der Waals surface area (Å²) in [6, 6.07) is 4.72. The van der Waals surface area contributed by atoms with Crippen molar-refractivity contribution in [2.45, 2.75) is 12.8 Å². The Balaban J connectivity index is 1.82. The summed E-state index contributed by atoms with van der Waals surface area (Å²) in [5.74, 6) is -0.390. The Kier molecular flexibility index (Phi) is 4.00. The molecule has 3 aromatic rings. The van der Waals surface area contributed by atoms with Gasteiger partial charge in [-0.1, -0.05) is 0 Å². The fourth-order valence-corrected chi connectivity index (χ4v) is 2.58. The number of carbonyl (C=O) groups is 1. The van der Waals surface area contributed by atoms with Gasteiger partial charge in [0.15, 0.2) is 24.0 Å². The first-order valence-electron chi connectivity index (χ1n) is 8.09. The van der Waals surface area contributed by atoms with Crippen molar-refractivity contribution in [2.75, 3.05) is 5.32 Å². The number of aromatic nitrogens is 4. The molecule has 0 radical (unpaired) electrons. The van der Waals surface area contributed by atoms with Gasteiger partial charge in [0.25, 0.3) is 0 Å².